The molecule has 0 fully saturated rings. The molecule has 2 amide bonds. The van der Waals surface area contributed by atoms with Crippen LogP contribution in [0.25, 0.3) is 0 Å². The number of primary amides is 1. The molecule has 1 atom stereocenters. The predicted octanol–water partition coefficient (Wildman–Crippen LogP) is 2.97. The molecule has 0 radical (unpaired) electrons. The summed E-state index contributed by atoms with van der Waals surface area (Å²) >= 11 is 1.52. The largest absolute Gasteiger partial charge is 0.365 e. The second-order valence-corrected chi connectivity index (χ2v) is 8.80. The zero-order valence-corrected chi connectivity index (χ0v) is 16.4. The number of nitrogens with two attached hydrogens (primary N) is 1. The summed E-state index contributed by atoms with van der Waals surface area (Å²) in [5.41, 5.74) is 9.87. The van der Waals surface area contributed by atoms with Gasteiger partial charge < -0.3 is 11.1 Å². The van der Waals surface area contributed by atoms with Gasteiger partial charge in [-0.25, -0.2) is 0 Å². The normalized spacial score (nSPS) is 19.2. The summed E-state index contributed by atoms with van der Waals surface area (Å²) in [6.45, 7) is 4.20. The highest BCUT2D eigenvalue weighted by Crippen LogP contribution is 2.39. The van der Waals surface area contributed by atoms with Crippen molar-refractivity contribution in [1.29, 1.82) is 0 Å². The van der Waals surface area contributed by atoms with E-state index in [9.17, 15) is 9.59 Å². The van der Waals surface area contributed by atoms with Crippen LogP contribution in [0.3, 0.4) is 0 Å². The monoisotopic (exact) mass is 383 g/mol. The highest BCUT2D eigenvalue weighted by Gasteiger charge is 2.27. The van der Waals surface area contributed by atoms with Gasteiger partial charge in [0.05, 0.1) is 12.1 Å². The molecule has 0 saturated carbocycles. The summed E-state index contributed by atoms with van der Waals surface area (Å²) in [4.78, 5) is 28.0. The summed E-state index contributed by atoms with van der Waals surface area (Å²) in [5.74, 6) is 0.0848. The minimum atomic E-state index is -0.441. The Bertz CT molecular complexity index is 890. The Morgan fingerprint density at radius 1 is 1.26 bits per heavy atom. The third kappa shape index (κ3) is 3.77. The van der Waals surface area contributed by atoms with Crippen molar-refractivity contribution >= 4 is 28.2 Å². The standard InChI is InChI=1S/C21H25N3O2S/c1-13-6-7-16-17(10-13)27-21(19(16)20(22)26)23-18(25)12-24-9-8-14-4-2-3-5-15(14)11-24/h2-5,13H,6-12H2,1H3,(H2,22,26)(H,23,25). The number of carbonyl (C=O) groups excluding carboxylic acids is 2. The first-order valence-electron chi connectivity index (χ1n) is 9.54. The quantitative estimate of drug-likeness (QED) is 0.852. The molecule has 2 aromatic rings. The van der Waals surface area contributed by atoms with E-state index in [4.69, 9.17) is 5.73 Å². The van der Waals surface area contributed by atoms with Crippen LogP contribution >= 0.6 is 11.3 Å². The van der Waals surface area contributed by atoms with Crippen LogP contribution in [0, 0.1) is 5.92 Å². The molecule has 0 spiro atoms. The minimum absolute atomic E-state index is 0.0801. The van der Waals surface area contributed by atoms with Crippen molar-refractivity contribution in [3.8, 4) is 0 Å². The van der Waals surface area contributed by atoms with Crippen LogP contribution in [0.4, 0.5) is 5.00 Å². The highest BCUT2D eigenvalue weighted by atomic mass is 32.1. The summed E-state index contributed by atoms with van der Waals surface area (Å²) in [7, 11) is 0. The molecule has 1 aliphatic carbocycles. The van der Waals surface area contributed by atoms with E-state index in [1.165, 1.54) is 27.3 Å². The first kappa shape index (κ1) is 18.2. The Balaban J connectivity index is 1.47. The first-order chi connectivity index (χ1) is 13.0. The molecule has 1 unspecified atom stereocenters. The lowest BCUT2D eigenvalue weighted by Crippen LogP contribution is -2.37. The second-order valence-electron chi connectivity index (χ2n) is 7.70. The number of rotatable bonds is 4. The maximum Gasteiger partial charge on any atom is 0.251 e. The zero-order valence-electron chi connectivity index (χ0n) is 15.6. The Hall–Kier alpha value is -2.18. The van der Waals surface area contributed by atoms with Crippen molar-refractivity contribution in [2.45, 2.75) is 39.2 Å². The summed E-state index contributed by atoms with van der Waals surface area (Å²) < 4.78 is 0. The Morgan fingerprint density at radius 3 is 2.81 bits per heavy atom. The van der Waals surface area contributed by atoms with Crippen molar-refractivity contribution in [2.75, 3.05) is 18.4 Å². The zero-order chi connectivity index (χ0) is 19.0. The number of fused-ring (bicyclic) bond motifs is 2. The molecular weight excluding hydrogens is 358 g/mol. The number of carbonyl (C=O) groups is 2. The van der Waals surface area contributed by atoms with Crippen LogP contribution in [-0.4, -0.2) is 29.8 Å². The Labute approximate surface area is 163 Å². The van der Waals surface area contributed by atoms with Gasteiger partial charge in [-0.1, -0.05) is 31.2 Å². The second kappa shape index (κ2) is 7.44. The van der Waals surface area contributed by atoms with Gasteiger partial charge in [-0.15, -0.1) is 11.3 Å². The topological polar surface area (TPSA) is 75.4 Å². The minimum Gasteiger partial charge on any atom is -0.365 e. The lowest BCUT2D eigenvalue weighted by molar-refractivity contribution is -0.117. The molecular formula is C21H25N3O2S. The molecule has 5 nitrogen and oxygen atoms in total. The van der Waals surface area contributed by atoms with E-state index < -0.39 is 5.91 Å². The van der Waals surface area contributed by atoms with E-state index >= 15 is 0 Å². The maximum absolute atomic E-state index is 12.6. The first-order valence-corrected chi connectivity index (χ1v) is 10.4. The van der Waals surface area contributed by atoms with Gasteiger partial charge in [0.15, 0.2) is 0 Å². The van der Waals surface area contributed by atoms with Crippen molar-refractivity contribution in [3.63, 3.8) is 0 Å². The van der Waals surface area contributed by atoms with E-state index in [1.54, 1.807) is 0 Å². The lowest BCUT2D eigenvalue weighted by Gasteiger charge is -2.28. The third-order valence-electron chi connectivity index (χ3n) is 5.59. The van der Waals surface area contributed by atoms with Crippen molar-refractivity contribution in [1.82, 2.24) is 4.90 Å². The fourth-order valence-electron chi connectivity index (χ4n) is 4.16. The number of amides is 2. The van der Waals surface area contributed by atoms with E-state index in [2.05, 4.69) is 35.3 Å². The van der Waals surface area contributed by atoms with Gasteiger partial charge in [0, 0.05) is 18.0 Å². The Morgan fingerprint density at radius 2 is 2.04 bits per heavy atom. The molecule has 2 aliphatic rings. The molecule has 6 heteroatoms. The van der Waals surface area contributed by atoms with Crippen LogP contribution in [-0.2, 0) is 30.6 Å². The van der Waals surface area contributed by atoms with Crippen LogP contribution in [0.15, 0.2) is 24.3 Å². The van der Waals surface area contributed by atoms with Gasteiger partial charge in [0.1, 0.15) is 5.00 Å². The Kier molecular flexibility index (Phi) is 5.02. The van der Waals surface area contributed by atoms with E-state index in [0.717, 1.165) is 44.3 Å². The number of nitrogens with zero attached hydrogens (tertiary/aromatic N) is 1. The highest BCUT2D eigenvalue weighted by molar-refractivity contribution is 7.17. The molecule has 0 saturated heterocycles. The van der Waals surface area contributed by atoms with Crippen LogP contribution in [0.5, 0.6) is 0 Å². The third-order valence-corrected chi connectivity index (χ3v) is 6.76. The van der Waals surface area contributed by atoms with Gasteiger partial charge >= 0.3 is 0 Å². The van der Waals surface area contributed by atoms with Gasteiger partial charge in [0.25, 0.3) is 5.91 Å². The summed E-state index contributed by atoms with van der Waals surface area (Å²) in [6.07, 6.45) is 3.84. The maximum atomic E-state index is 12.6. The van der Waals surface area contributed by atoms with Crippen LogP contribution in [0.1, 0.15) is 45.3 Å². The van der Waals surface area contributed by atoms with Gasteiger partial charge in [-0.05, 0) is 48.3 Å². The number of anilines is 1. The van der Waals surface area contributed by atoms with Crippen molar-refractivity contribution in [2.24, 2.45) is 11.7 Å². The average molecular weight is 384 g/mol. The number of nitrogens with one attached hydrogen (secondary N) is 1. The molecule has 3 N–H and O–H groups in total. The van der Waals surface area contributed by atoms with Crippen molar-refractivity contribution < 1.29 is 9.59 Å². The SMILES string of the molecule is CC1CCc2c(sc(NC(=O)CN3CCc4ccccc4C3)c2C(N)=O)C1. The molecule has 2 heterocycles. The lowest BCUT2D eigenvalue weighted by atomic mass is 9.88. The predicted molar refractivity (Wildman–Crippen MR) is 108 cm³/mol. The summed E-state index contributed by atoms with van der Waals surface area (Å²) in [5, 5.41) is 3.60. The number of hydrogen-bond acceptors (Lipinski definition) is 4. The molecule has 27 heavy (non-hydrogen) atoms. The van der Waals surface area contributed by atoms with Crippen LogP contribution < -0.4 is 11.1 Å². The molecule has 0 bridgehead atoms. The fourth-order valence-corrected chi connectivity index (χ4v) is 5.59. The fraction of sp³-hybridized carbons (Fsp3) is 0.429. The number of thiophene rings is 1. The van der Waals surface area contributed by atoms with Gasteiger partial charge in [-0.2, -0.15) is 0 Å². The molecule has 1 aromatic carbocycles. The van der Waals surface area contributed by atoms with E-state index in [1.807, 2.05) is 6.07 Å². The molecule has 4 rings (SSSR count). The average Bonchev–Trinajstić information content (AvgIpc) is 2.98. The van der Waals surface area contributed by atoms with E-state index in [0.29, 0.717) is 23.0 Å². The smallest absolute Gasteiger partial charge is 0.251 e. The summed E-state index contributed by atoms with van der Waals surface area (Å²) in [6, 6.07) is 8.38. The van der Waals surface area contributed by atoms with Crippen LogP contribution in [0.2, 0.25) is 0 Å². The van der Waals surface area contributed by atoms with Gasteiger partial charge in [-0.3, -0.25) is 14.5 Å². The van der Waals surface area contributed by atoms with E-state index in [-0.39, 0.29) is 5.91 Å². The molecule has 142 valence electrons. The number of hydrogen-bond donors (Lipinski definition) is 2. The molecule has 1 aliphatic heterocycles. The van der Waals surface area contributed by atoms with Gasteiger partial charge in [0.2, 0.25) is 5.91 Å². The molecule has 1 aromatic heterocycles. The number of benzene rings is 1. The van der Waals surface area contributed by atoms with Crippen molar-refractivity contribution in [3.05, 3.63) is 51.4 Å².